The molecular formula is C16H32N2O2. The second-order valence-electron chi connectivity index (χ2n) is 5.97. The molecule has 0 saturated heterocycles. The van der Waals surface area contributed by atoms with Gasteiger partial charge in [0.1, 0.15) is 5.54 Å². The summed E-state index contributed by atoms with van der Waals surface area (Å²) in [5, 5.41) is 3.14. The van der Waals surface area contributed by atoms with E-state index in [9.17, 15) is 4.79 Å². The summed E-state index contributed by atoms with van der Waals surface area (Å²) >= 11 is 0. The Balaban J connectivity index is 2.53. The minimum atomic E-state index is -0.571. The summed E-state index contributed by atoms with van der Waals surface area (Å²) in [6, 6.07) is 0.706. The van der Waals surface area contributed by atoms with E-state index in [-0.39, 0.29) is 5.97 Å². The van der Waals surface area contributed by atoms with Crippen molar-refractivity contribution in [1.29, 1.82) is 0 Å². The standard InChI is InChI=1S/C16H32N2O2/c1-5-18(14-10-8-7-9-11-14)13-12-16(3,17-4)15(19)20-6-2/h14,17H,5-13H2,1-4H3. The molecule has 0 spiro atoms. The van der Waals surface area contributed by atoms with Gasteiger partial charge in [0.05, 0.1) is 6.61 Å². The van der Waals surface area contributed by atoms with Crippen LogP contribution in [0.5, 0.6) is 0 Å². The first-order valence-electron chi connectivity index (χ1n) is 8.17. The van der Waals surface area contributed by atoms with Crippen molar-refractivity contribution in [1.82, 2.24) is 10.2 Å². The molecule has 4 nitrogen and oxygen atoms in total. The van der Waals surface area contributed by atoms with E-state index in [1.165, 1.54) is 32.1 Å². The molecule has 0 radical (unpaired) electrons. The largest absolute Gasteiger partial charge is 0.465 e. The monoisotopic (exact) mass is 284 g/mol. The molecule has 0 aromatic carbocycles. The number of nitrogens with one attached hydrogen (secondary N) is 1. The summed E-state index contributed by atoms with van der Waals surface area (Å²) in [6.45, 7) is 8.48. The summed E-state index contributed by atoms with van der Waals surface area (Å²) in [4.78, 5) is 14.6. The third-order valence-electron chi connectivity index (χ3n) is 4.67. The Morgan fingerprint density at radius 1 is 1.30 bits per heavy atom. The third-order valence-corrected chi connectivity index (χ3v) is 4.67. The zero-order valence-electron chi connectivity index (χ0n) is 13.7. The van der Waals surface area contributed by atoms with Crippen LogP contribution in [0, 0.1) is 0 Å². The third kappa shape index (κ3) is 4.74. The van der Waals surface area contributed by atoms with Crippen LogP contribution in [0.4, 0.5) is 0 Å². The molecule has 1 rings (SSSR count). The molecule has 20 heavy (non-hydrogen) atoms. The van der Waals surface area contributed by atoms with Crippen LogP contribution in [-0.2, 0) is 9.53 Å². The first-order chi connectivity index (χ1) is 9.57. The van der Waals surface area contributed by atoms with Crippen molar-refractivity contribution in [3.8, 4) is 0 Å². The van der Waals surface area contributed by atoms with Gasteiger partial charge in [-0.3, -0.25) is 4.79 Å². The molecule has 0 bridgehead atoms. The number of hydrogen-bond donors (Lipinski definition) is 1. The van der Waals surface area contributed by atoms with E-state index in [1.54, 1.807) is 0 Å². The SMILES string of the molecule is CCOC(=O)C(C)(CCN(CC)C1CCCCC1)NC. The quantitative estimate of drug-likeness (QED) is 0.696. The molecule has 4 heteroatoms. The number of ether oxygens (including phenoxy) is 1. The summed E-state index contributed by atoms with van der Waals surface area (Å²) in [7, 11) is 1.84. The van der Waals surface area contributed by atoms with Crippen molar-refractivity contribution >= 4 is 5.97 Å². The molecule has 1 unspecified atom stereocenters. The molecule has 1 aliphatic carbocycles. The smallest absolute Gasteiger partial charge is 0.326 e. The van der Waals surface area contributed by atoms with Crippen molar-refractivity contribution in [3.05, 3.63) is 0 Å². The molecule has 1 N–H and O–H groups in total. The fraction of sp³-hybridized carbons (Fsp3) is 0.938. The van der Waals surface area contributed by atoms with Crippen molar-refractivity contribution in [3.63, 3.8) is 0 Å². The first kappa shape index (κ1) is 17.4. The molecule has 1 aliphatic rings. The Bertz CT molecular complexity index is 290. The predicted octanol–water partition coefficient (Wildman–Crippen LogP) is 2.57. The van der Waals surface area contributed by atoms with Crippen molar-refractivity contribution in [2.45, 2.75) is 70.9 Å². The predicted molar refractivity (Wildman–Crippen MR) is 82.8 cm³/mol. The van der Waals surface area contributed by atoms with E-state index >= 15 is 0 Å². The number of carbonyl (C=O) groups is 1. The van der Waals surface area contributed by atoms with Crippen molar-refractivity contribution in [2.75, 3.05) is 26.7 Å². The number of esters is 1. The van der Waals surface area contributed by atoms with Gasteiger partial charge < -0.3 is 15.0 Å². The molecule has 0 amide bonds. The first-order valence-corrected chi connectivity index (χ1v) is 8.17. The highest BCUT2D eigenvalue weighted by atomic mass is 16.5. The molecule has 118 valence electrons. The second kappa shape index (κ2) is 8.63. The van der Waals surface area contributed by atoms with Crippen LogP contribution in [0.25, 0.3) is 0 Å². The van der Waals surface area contributed by atoms with Crippen LogP contribution in [-0.4, -0.2) is 49.2 Å². The van der Waals surface area contributed by atoms with Gasteiger partial charge >= 0.3 is 5.97 Å². The van der Waals surface area contributed by atoms with E-state index in [1.807, 2.05) is 20.9 Å². The Kier molecular flexibility index (Phi) is 7.52. The fourth-order valence-corrected chi connectivity index (χ4v) is 3.03. The minimum Gasteiger partial charge on any atom is -0.465 e. The van der Waals surface area contributed by atoms with Gasteiger partial charge in [-0.25, -0.2) is 0 Å². The van der Waals surface area contributed by atoms with Crippen LogP contribution < -0.4 is 5.32 Å². The van der Waals surface area contributed by atoms with Crippen LogP contribution in [0.2, 0.25) is 0 Å². The molecule has 1 fully saturated rings. The lowest BCUT2D eigenvalue weighted by atomic mass is 9.92. The normalized spacial score (nSPS) is 19.9. The van der Waals surface area contributed by atoms with Crippen LogP contribution in [0.1, 0.15) is 59.3 Å². The van der Waals surface area contributed by atoms with Gasteiger partial charge in [0, 0.05) is 12.6 Å². The lowest BCUT2D eigenvalue weighted by molar-refractivity contribution is -0.150. The fourth-order valence-electron chi connectivity index (χ4n) is 3.03. The van der Waals surface area contributed by atoms with Gasteiger partial charge in [-0.05, 0) is 46.7 Å². The molecule has 0 aromatic rings. The van der Waals surface area contributed by atoms with Gasteiger partial charge in [0.15, 0.2) is 0 Å². The average molecular weight is 284 g/mol. The Hall–Kier alpha value is -0.610. The zero-order chi connectivity index (χ0) is 15.0. The summed E-state index contributed by atoms with van der Waals surface area (Å²) in [5.74, 6) is -0.137. The molecule has 0 aliphatic heterocycles. The van der Waals surface area contributed by atoms with Crippen LogP contribution >= 0.6 is 0 Å². The topological polar surface area (TPSA) is 41.6 Å². The van der Waals surface area contributed by atoms with Gasteiger partial charge in [-0.1, -0.05) is 26.2 Å². The molecule has 0 aromatic heterocycles. The van der Waals surface area contributed by atoms with E-state index in [0.29, 0.717) is 12.6 Å². The van der Waals surface area contributed by atoms with E-state index in [4.69, 9.17) is 4.74 Å². The molecule has 1 saturated carbocycles. The summed E-state index contributed by atoms with van der Waals surface area (Å²) in [5.41, 5.74) is -0.571. The van der Waals surface area contributed by atoms with Gasteiger partial charge in [-0.15, -0.1) is 0 Å². The number of likely N-dealkylation sites (N-methyl/N-ethyl adjacent to an activating group) is 1. The Morgan fingerprint density at radius 3 is 2.45 bits per heavy atom. The highest BCUT2D eigenvalue weighted by molar-refractivity contribution is 5.80. The zero-order valence-corrected chi connectivity index (χ0v) is 13.7. The highest BCUT2D eigenvalue weighted by Gasteiger charge is 2.33. The van der Waals surface area contributed by atoms with E-state index < -0.39 is 5.54 Å². The van der Waals surface area contributed by atoms with E-state index in [2.05, 4.69) is 17.1 Å². The van der Waals surface area contributed by atoms with Crippen LogP contribution in [0.15, 0.2) is 0 Å². The van der Waals surface area contributed by atoms with Crippen molar-refractivity contribution < 1.29 is 9.53 Å². The maximum absolute atomic E-state index is 12.1. The average Bonchev–Trinajstić information content (AvgIpc) is 2.49. The second-order valence-corrected chi connectivity index (χ2v) is 5.97. The minimum absolute atomic E-state index is 0.137. The molecular weight excluding hydrogens is 252 g/mol. The van der Waals surface area contributed by atoms with Gasteiger partial charge in [0.2, 0.25) is 0 Å². The van der Waals surface area contributed by atoms with Gasteiger partial charge in [-0.2, -0.15) is 0 Å². The maximum Gasteiger partial charge on any atom is 0.326 e. The summed E-state index contributed by atoms with van der Waals surface area (Å²) in [6.07, 6.45) is 7.50. The lowest BCUT2D eigenvalue weighted by Gasteiger charge is -2.36. The van der Waals surface area contributed by atoms with Crippen molar-refractivity contribution in [2.24, 2.45) is 0 Å². The highest BCUT2D eigenvalue weighted by Crippen LogP contribution is 2.23. The number of rotatable bonds is 8. The van der Waals surface area contributed by atoms with Gasteiger partial charge in [0.25, 0.3) is 0 Å². The van der Waals surface area contributed by atoms with E-state index in [0.717, 1.165) is 19.5 Å². The molecule has 0 heterocycles. The number of nitrogens with zero attached hydrogens (tertiary/aromatic N) is 1. The maximum atomic E-state index is 12.1. The molecule has 1 atom stereocenters. The Morgan fingerprint density at radius 2 is 1.95 bits per heavy atom. The van der Waals surface area contributed by atoms with Crippen LogP contribution in [0.3, 0.4) is 0 Å². The Labute approximate surface area is 124 Å². The summed E-state index contributed by atoms with van der Waals surface area (Å²) < 4.78 is 5.19. The number of carbonyl (C=O) groups excluding carboxylic acids is 1. The number of hydrogen-bond acceptors (Lipinski definition) is 4. The lowest BCUT2D eigenvalue weighted by Crippen LogP contribution is -2.51.